The molecule has 0 radical (unpaired) electrons. The molecule has 1 aromatic rings. The monoisotopic (exact) mass is 421 g/mol. The first-order valence-electron chi connectivity index (χ1n) is 8.17. The van der Waals surface area contributed by atoms with Crippen LogP contribution >= 0.6 is 23.2 Å². The SMILES string of the molecule is COC(=O)CC1(NC(=O)CCc2ccc(Cl)cc2Cl)CCS(=O)(=O)CC1. The fourth-order valence-corrected chi connectivity index (χ4v) is 5.06. The second kappa shape index (κ2) is 8.59. The maximum atomic E-state index is 12.4. The fraction of sp³-hybridized carbons (Fsp3) is 0.529. The molecular formula is C17H21Cl2NO5S. The molecule has 1 heterocycles. The van der Waals surface area contributed by atoms with Crippen molar-refractivity contribution in [1.82, 2.24) is 5.32 Å². The molecule has 0 saturated carbocycles. The quantitative estimate of drug-likeness (QED) is 0.712. The van der Waals surface area contributed by atoms with Crippen LogP contribution in [0.2, 0.25) is 10.0 Å². The Morgan fingerprint density at radius 1 is 1.23 bits per heavy atom. The molecule has 1 aliphatic heterocycles. The number of esters is 1. The molecule has 1 N–H and O–H groups in total. The van der Waals surface area contributed by atoms with Gasteiger partial charge in [-0.25, -0.2) is 8.42 Å². The van der Waals surface area contributed by atoms with E-state index in [1.165, 1.54) is 7.11 Å². The maximum absolute atomic E-state index is 12.4. The molecule has 6 nitrogen and oxygen atoms in total. The molecule has 0 bridgehead atoms. The number of aryl methyl sites for hydroxylation is 1. The smallest absolute Gasteiger partial charge is 0.307 e. The number of amides is 1. The van der Waals surface area contributed by atoms with Gasteiger partial charge in [-0.2, -0.15) is 0 Å². The number of benzene rings is 1. The molecule has 0 aromatic heterocycles. The number of sulfone groups is 1. The molecule has 144 valence electrons. The highest BCUT2D eigenvalue weighted by molar-refractivity contribution is 7.91. The average molecular weight is 422 g/mol. The molecule has 1 amide bonds. The molecule has 0 aliphatic carbocycles. The Kier molecular flexibility index (Phi) is 6.93. The van der Waals surface area contributed by atoms with Gasteiger partial charge in [-0.05, 0) is 37.0 Å². The minimum absolute atomic E-state index is 0.0491. The van der Waals surface area contributed by atoms with E-state index >= 15 is 0 Å². The molecular weight excluding hydrogens is 401 g/mol. The highest BCUT2D eigenvalue weighted by atomic mass is 35.5. The number of carbonyl (C=O) groups is 2. The van der Waals surface area contributed by atoms with Crippen LogP contribution in [0.15, 0.2) is 18.2 Å². The molecule has 26 heavy (non-hydrogen) atoms. The summed E-state index contributed by atoms with van der Waals surface area (Å²) in [6, 6.07) is 5.07. The van der Waals surface area contributed by atoms with Gasteiger partial charge in [0, 0.05) is 16.5 Å². The molecule has 9 heteroatoms. The Labute approximate surface area is 163 Å². The Morgan fingerprint density at radius 3 is 2.46 bits per heavy atom. The van der Waals surface area contributed by atoms with Gasteiger partial charge in [0.25, 0.3) is 0 Å². The van der Waals surface area contributed by atoms with E-state index in [0.29, 0.717) is 16.5 Å². The van der Waals surface area contributed by atoms with Gasteiger partial charge in [0.15, 0.2) is 0 Å². The maximum Gasteiger partial charge on any atom is 0.307 e. The molecule has 1 fully saturated rings. The number of rotatable bonds is 6. The summed E-state index contributed by atoms with van der Waals surface area (Å²) in [6.07, 6.45) is 0.910. The molecule has 1 aromatic carbocycles. The number of nitrogens with one attached hydrogen (secondary N) is 1. The summed E-state index contributed by atoms with van der Waals surface area (Å²) < 4.78 is 28.1. The largest absolute Gasteiger partial charge is 0.469 e. The number of ether oxygens (including phenoxy) is 1. The van der Waals surface area contributed by atoms with Crippen molar-refractivity contribution in [2.45, 2.75) is 37.6 Å². The van der Waals surface area contributed by atoms with Crippen LogP contribution in [0.25, 0.3) is 0 Å². The van der Waals surface area contributed by atoms with Crippen molar-refractivity contribution in [3.8, 4) is 0 Å². The van der Waals surface area contributed by atoms with Crippen molar-refractivity contribution < 1.29 is 22.7 Å². The summed E-state index contributed by atoms with van der Waals surface area (Å²) >= 11 is 12.0. The highest BCUT2D eigenvalue weighted by Gasteiger charge is 2.40. The molecule has 2 rings (SSSR count). The van der Waals surface area contributed by atoms with Gasteiger partial charge in [0.2, 0.25) is 5.91 Å². The zero-order valence-electron chi connectivity index (χ0n) is 14.4. The molecule has 0 spiro atoms. The van der Waals surface area contributed by atoms with Gasteiger partial charge in [0.1, 0.15) is 9.84 Å². The van der Waals surface area contributed by atoms with Crippen LogP contribution in [0.3, 0.4) is 0 Å². The normalized spacial score (nSPS) is 18.1. The lowest BCUT2D eigenvalue weighted by atomic mass is 9.88. The van der Waals surface area contributed by atoms with Crippen LogP contribution < -0.4 is 5.32 Å². The van der Waals surface area contributed by atoms with Gasteiger partial charge >= 0.3 is 5.97 Å². The van der Waals surface area contributed by atoms with Crippen molar-refractivity contribution in [1.29, 1.82) is 0 Å². The van der Waals surface area contributed by atoms with E-state index < -0.39 is 21.3 Å². The third kappa shape index (κ3) is 5.86. The van der Waals surface area contributed by atoms with E-state index in [0.717, 1.165) is 5.56 Å². The lowest BCUT2D eigenvalue weighted by molar-refractivity contribution is -0.142. The summed E-state index contributed by atoms with van der Waals surface area (Å²) in [5.41, 5.74) is -0.0984. The Hall–Kier alpha value is -1.31. The van der Waals surface area contributed by atoms with Gasteiger partial charge in [0.05, 0.1) is 30.6 Å². The van der Waals surface area contributed by atoms with Gasteiger partial charge in [-0.1, -0.05) is 29.3 Å². The van der Waals surface area contributed by atoms with E-state index in [-0.39, 0.29) is 43.1 Å². The van der Waals surface area contributed by atoms with E-state index in [1.54, 1.807) is 18.2 Å². The van der Waals surface area contributed by atoms with E-state index in [4.69, 9.17) is 27.9 Å². The highest BCUT2D eigenvalue weighted by Crippen LogP contribution is 2.28. The average Bonchev–Trinajstić information content (AvgIpc) is 2.57. The number of hydrogen-bond donors (Lipinski definition) is 1. The van der Waals surface area contributed by atoms with Crippen LogP contribution in [0, 0.1) is 0 Å². The van der Waals surface area contributed by atoms with Crippen molar-refractivity contribution >= 4 is 44.9 Å². The summed E-state index contributed by atoms with van der Waals surface area (Å²) in [7, 11) is -1.87. The van der Waals surface area contributed by atoms with Crippen molar-refractivity contribution in [3.05, 3.63) is 33.8 Å². The first kappa shape index (κ1) is 21.0. The summed E-state index contributed by atoms with van der Waals surface area (Å²) in [4.78, 5) is 24.1. The molecule has 0 atom stereocenters. The zero-order valence-corrected chi connectivity index (χ0v) is 16.7. The first-order chi connectivity index (χ1) is 12.1. The number of halogens is 2. The third-order valence-electron chi connectivity index (χ3n) is 4.53. The number of carbonyl (C=O) groups excluding carboxylic acids is 2. The van der Waals surface area contributed by atoms with Crippen LogP contribution in [0.5, 0.6) is 0 Å². The number of hydrogen-bond acceptors (Lipinski definition) is 5. The predicted molar refractivity (Wildman–Crippen MR) is 100 cm³/mol. The Balaban J connectivity index is 2.02. The van der Waals surface area contributed by atoms with Crippen molar-refractivity contribution in [2.24, 2.45) is 0 Å². The van der Waals surface area contributed by atoms with Crippen LogP contribution in [0.4, 0.5) is 0 Å². The lowest BCUT2D eigenvalue weighted by Crippen LogP contribution is -2.54. The van der Waals surface area contributed by atoms with Gasteiger partial charge < -0.3 is 10.1 Å². The summed E-state index contributed by atoms with van der Waals surface area (Å²) in [6.45, 7) is 0. The molecule has 1 saturated heterocycles. The summed E-state index contributed by atoms with van der Waals surface area (Å²) in [5, 5.41) is 3.86. The van der Waals surface area contributed by atoms with Crippen LogP contribution in [0.1, 0.15) is 31.2 Å². The Bertz CT molecular complexity index is 780. The fourth-order valence-electron chi connectivity index (χ4n) is 2.95. The van der Waals surface area contributed by atoms with Crippen LogP contribution in [-0.2, 0) is 30.6 Å². The van der Waals surface area contributed by atoms with Crippen molar-refractivity contribution in [2.75, 3.05) is 18.6 Å². The number of methoxy groups -OCH3 is 1. The standard InChI is InChI=1S/C17H21Cl2NO5S/c1-25-16(22)11-17(6-8-26(23,24)9-7-17)20-15(21)5-3-12-2-4-13(18)10-14(12)19/h2,4,10H,3,5-9,11H2,1H3,(H,20,21). The predicted octanol–water partition coefficient (Wildman–Crippen LogP) is 2.55. The minimum Gasteiger partial charge on any atom is -0.469 e. The van der Waals surface area contributed by atoms with Gasteiger partial charge in [-0.3, -0.25) is 9.59 Å². The zero-order chi connectivity index (χ0) is 19.4. The van der Waals surface area contributed by atoms with E-state index in [2.05, 4.69) is 5.32 Å². The lowest BCUT2D eigenvalue weighted by Gasteiger charge is -2.37. The minimum atomic E-state index is -3.13. The molecule has 0 unspecified atom stereocenters. The second-order valence-corrected chi connectivity index (χ2v) is 9.62. The Morgan fingerprint density at radius 2 is 1.88 bits per heavy atom. The third-order valence-corrected chi connectivity index (χ3v) is 6.77. The summed E-state index contributed by atoms with van der Waals surface area (Å²) in [5.74, 6) is -0.870. The van der Waals surface area contributed by atoms with E-state index in [1.807, 2.05) is 0 Å². The first-order valence-corrected chi connectivity index (χ1v) is 10.7. The van der Waals surface area contributed by atoms with Gasteiger partial charge in [-0.15, -0.1) is 0 Å². The topological polar surface area (TPSA) is 89.5 Å². The molecule has 1 aliphatic rings. The van der Waals surface area contributed by atoms with E-state index in [9.17, 15) is 18.0 Å². The van der Waals surface area contributed by atoms with Crippen LogP contribution in [-0.4, -0.2) is 44.4 Å². The second-order valence-electron chi connectivity index (χ2n) is 6.47. The van der Waals surface area contributed by atoms with Crippen molar-refractivity contribution in [3.63, 3.8) is 0 Å².